The first-order chi connectivity index (χ1) is 14.2. The summed E-state index contributed by atoms with van der Waals surface area (Å²) in [6.45, 7) is 9.66. The highest BCUT2D eigenvalue weighted by Crippen LogP contribution is 2.28. The van der Waals surface area contributed by atoms with E-state index in [0.717, 1.165) is 70.4 Å². The molecule has 2 fully saturated rings. The molecule has 8 heteroatoms. The summed E-state index contributed by atoms with van der Waals surface area (Å²) in [5.74, 6) is 0.576. The van der Waals surface area contributed by atoms with Gasteiger partial charge >= 0.3 is 0 Å². The number of morpholine rings is 1. The van der Waals surface area contributed by atoms with Crippen molar-refractivity contribution in [2.45, 2.75) is 6.92 Å². The molecule has 29 heavy (non-hydrogen) atoms. The number of nitrogens with one attached hydrogen (secondary N) is 1. The monoisotopic (exact) mass is 396 g/mol. The van der Waals surface area contributed by atoms with Gasteiger partial charge in [0.2, 0.25) is 0 Å². The molecular formula is C21H28N6O2. The van der Waals surface area contributed by atoms with Crippen LogP contribution in [0.5, 0.6) is 0 Å². The van der Waals surface area contributed by atoms with Gasteiger partial charge in [-0.05, 0) is 30.8 Å². The molecule has 0 bridgehead atoms. The molecule has 0 saturated carbocycles. The van der Waals surface area contributed by atoms with Gasteiger partial charge in [0, 0.05) is 39.3 Å². The van der Waals surface area contributed by atoms with Gasteiger partial charge in [0.05, 0.1) is 24.6 Å². The highest BCUT2D eigenvalue weighted by molar-refractivity contribution is 5.92. The van der Waals surface area contributed by atoms with E-state index in [1.54, 1.807) is 6.07 Å². The molecule has 4 rings (SSSR count). The van der Waals surface area contributed by atoms with Crippen LogP contribution in [0.3, 0.4) is 0 Å². The number of likely N-dealkylation sites (N-methyl/N-ethyl adjacent to an activating group) is 1. The number of hydrogen-bond acceptors (Lipinski definition) is 7. The Labute approximate surface area is 171 Å². The van der Waals surface area contributed by atoms with E-state index < -0.39 is 0 Å². The third-order valence-electron chi connectivity index (χ3n) is 5.51. The summed E-state index contributed by atoms with van der Waals surface area (Å²) in [7, 11) is 0. The Kier molecular flexibility index (Phi) is 6.21. The summed E-state index contributed by atoms with van der Waals surface area (Å²) in [5, 5.41) is 11.8. The number of hydrogen-bond donors (Lipinski definition) is 1. The lowest BCUT2D eigenvalue weighted by Crippen LogP contribution is -2.48. The second-order valence-corrected chi connectivity index (χ2v) is 7.27. The number of piperazine rings is 1. The molecule has 0 unspecified atom stereocenters. The zero-order chi connectivity index (χ0) is 20.1. The average molecular weight is 396 g/mol. The molecule has 0 atom stereocenters. The average Bonchev–Trinajstić information content (AvgIpc) is 2.80. The standard InChI is InChI=1S/C21H28N6O2/c1-2-25-9-11-27(12-10-25)21(28)18-7-8-20(24-23-18)22-17-5-3-4-6-19(17)26-13-15-29-16-14-26/h3-8H,2,9-16H2,1H3,(H,22,24). The molecule has 2 saturated heterocycles. The highest BCUT2D eigenvalue weighted by atomic mass is 16.5. The van der Waals surface area contributed by atoms with Gasteiger partial charge in [0.1, 0.15) is 0 Å². The zero-order valence-electron chi connectivity index (χ0n) is 16.9. The number of amides is 1. The van der Waals surface area contributed by atoms with Crippen LogP contribution in [0, 0.1) is 0 Å². The van der Waals surface area contributed by atoms with Gasteiger partial charge in [-0.1, -0.05) is 19.1 Å². The summed E-state index contributed by atoms with van der Waals surface area (Å²) in [4.78, 5) is 19.2. The predicted octanol–water partition coefficient (Wildman–Crippen LogP) is 1.83. The maximum atomic E-state index is 12.7. The molecule has 8 nitrogen and oxygen atoms in total. The van der Waals surface area contributed by atoms with Crippen molar-refractivity contribution < 1.29 is 9.53 Å². The lowest BCUT2D eigenvalue weighted by atomic mass is 10.2. The minimum atomic E-state index is -0.0477. The van der Waals surface area contributed by atoms with Crippen LogP contribution in [0.1, 0.15) is 17.4 Å². The first-order valence-electron chi connectivity index (χ1n) is 10.3. The number of nitrogens with zero attached hydrogens (tertiary/aromatic N) is 5. The molecule has 1 amide bonds. The van der Waals surface area contributed by atoms with Crippen molar-refractivity contribution in [3.63, 3.8) is 0 Å². The quantitative estimate of drug-likeness (QED) is 0.827. The number of ether oxygens (including phenoxy) is 1. The molecule has 0 spiro atoms. The summed E-state index contributed by atoms with van der Waals surface area (Å²) in [6, 6.07) is 11.7. The minimum absolute atomic E-state index is 0.0477. The molecule has 1 N–H and O–H groups in total. The van der Waals surface area contributed by atoms with Gasteiger partial charge in [-0.3, -0.25) is 4.79 Å². The number of carbonyl (C=O) groups excluding carboxylic acids is 1. The zero-order valence-corrected chi connectivity index (χ0v) is 16.9. The molecule has 0 radical (unpaired) electrons. The lowest BCUT2D eigenvalue weighted by Gasteiger charge is -2.33. The van der Waals surface area contributed by atoms with Gasteiger partial charge in [0.15, 0.2) is 11.5 Å². The number of carbonyl (C=O) groups is 1. The molecule has 2 aliphatic rings. The fourth-order valence-corrected chi connectivity index (χ4v) is 3.74. The van der Waals surface area contributed by atoms with Crippen LogP contribution >= 0.6 is 0 Å². The third-order valence-corrected chi connectivity index (χ3v) is 5.51. The topological polar surface area (TPSA) is 73.8 Å². The molecule has 3 heterocycles. The van der Waals surface area contributed by atoms with Crippen molar-refractivity contribution in [3.05, 3.63) is 42.1 Å². The van der Waals surface area contributed by atoms with Crippen molar-refractivity contribution in [1.82, 2.24) is 20.0 Å². The van der Waals surface area contributed by atoms with Crippen molar-refractivity contribution in [2.24, 2.45) is 0 Å². The number of benzene rings is 1. The Bertz CT molecular complexity index is 814. The van der Waals surface area contributed by atoms with Gasteiger partial charge in [-0.25, -0.2) is 0 Å². The van der Waals surface area contributed by atoms with Gasteiger partial charge < -0.3 is 24.8 Å². The van der Waals surface area contributed by atoms with E-state index in [2.05, 4.69) is 38.3 Å². The van der Waals surface area contributed by atoms with Gasteiger partial charge in [0.25, 0.3) is 5.91 Å². The number of para-hydroxylation sites is 2. The Balaban J connectivity index is 1.42. The summed E-state index contributed by atoms with van der Waals surface area (Å²) in [6.07, 6.45) is 0. The smallest absolute Gasteiger partial charge is 0.274 e. The highest BCUT2D eigenvalue weighted by Gasteiger charge is 2.22. The van der Waals surface area contributed by atoms with E-state index in [1.165, 1.54) is 0 Å². The minimum Gasteiger partial charge on any atom is -0.378 e. The summed E-state index contributed by atoms with van der Waals surface area (Å²) in [5.41, 5.74) is 2.48. The number of rotatable bonds is 5. The van der Waals surface area contributed by atoms with E-state index >= 15 is 0 Å². The third kappa shape index (κ3) is 4.65. The van der Waals surface area contributed by atoms with E-state index in [-0.39, 0.29) is 5.91 Å². The number of aromatic nitrogens is 2. The Morgan fingerprint density at radius 1 is 1.00 bits per heavy atom. The van der Waals surface area contributed by atoms with Crippen molar-refractivity contribution >= 4 is 23.1 Å². The van der Waals surface area contributed by atoms with Crippen molar-refractivity contribution in [1.29, 1.82) is 0 Å². The van der Waals surface area contributed by atoms with Crippen molar-refractivity contribution in [3.8, 4) is 0 Å². The summed E-state index contributed by atoms with van der Waals surface area (Å²) < 4.78 is 5.45. The Hall–Kier alpha value is -2.71. The van der Waals surface area contributed by atoms with Crippen molar-refractivity contribution in [2.75, 3.05) is 69.2 Å². The summed E-state index contributed by atoms with van der Waals surface area (Å²) >= 11 is 0. The molecule has 2 aliphatic heterocycles. The second kappa shape index (κ2) is 9.19. The molecule has 154 valence electrons. The first kappa shape index (κ1) is 19.6. The fraction of sp³-hybridized carbons (Fsp3) is 0.476. The maximum absolute atomic E-state index is 12.7. The van der Waals surface area contributed by atoms with Crippen LogP contribution in [0.25, 0.3) is 0 Å². The Morgan fingerprint density at radius 2 is 1.76 bits per heavy atom. The molecule has 2 aromatic rings. The van der Waals surface area contributed by atoms with Crippen LogP contribution in [0.2, 0.25) is 0 Å². The molecule has 1 aromatic carbocycles. The molecular weight excluding hydrogens is 368 g/mol. The second-order valence-electron chi connectivity index (χ2n) is 7.27. The van der Waals surface area contributed by atoms with E-state index in [1.807, 2.05) is 29.2 Å². The van der Waals surface area contributed by atoms with Gasteiger partial charge in [-0.2, -0.15) is 0 Å². The lowest BCUT2D eigenvalue weighted by molar-refractivity contribution is 0.0636. The number of anilines is 3. The van der Waals surface area contributed by atoms with Crippen LogP contribution in [0.4, 0.5) is 17.2 Å². The fourth-order valence-electron chi connectivity index (χ4n) is 3.74. The van der Waals surface area contributed by atoms with Crippen LogP contribution < -0.4 is 10.2 Å². The first-order valence-corrected chi connectivity index (χ1v) is 10.3. The van der Waals surface area contributed by atoms with E-state index in [4.69, 9.17) is 4.74 Å². The van der Waals surface area contributed by atoms with E-state index in [9.17, 15) is 4.79 Å². The normalized spacial score (nSPS) is 18.0. The van der Waals surface area contributed by atoms with Crippen LogP contribution in [-0.2, 0) is 4.74 Å². The van der Waals surface area contributed by atoms with Crippen LogP contribution in [0.15, 0.2) is 36.4 Å². The predicted molar refractivity (Wildman–Crippen MR) is 113 cm³/mol. The van der Waals surface area contributed by atoms with Crippen LogP contribution in [-0.4, -0.2) is 84.9 Å². The van der Waals surface area contributed by atoms with E-state index in [0.29, 0.717) is 11.5 Å². The SMILES string of the molecule is CCN1CCN(C(=O)c2ccc(Nc3ccccc3N3CCOCC3)nn2)CC1. The molecule has 1 aromatic heterocycles. The van der Waals surface area contributed by atoms with Gasteiger partial charge in [-0.15, -0.1) is 10.2 Å². The maximum Gasteiger partial charge on any atom is 0.274 e. The molecule has 0 aliphatic carbocycles. The largest absolute Gasteiger partial charge is 0.378 e. The Morgan fingerprint density at radius 3 is 2.45 bits per heavy atom.